The van der Waals surface area contributed by atoms with Gasteiger partial charge < -0.3 is 0 Å². The third-order valence-corrected chi connectivity index (χ3v) is 3.96. The zero-order valence-corrected chi connectivity index (χ0v) is 11.6. The smallest absolute Gasteiger partial charge is 0.177 e. The minimum Gasteiger partial charge on any atom is -0.266 e. The lowest BCUT2D eigenvalue weighted by molar-refractivity contribution is 1.24. The third-order valence-electron chi connectivity index (χ3n) is 2.50. The van der Waals surface area contributed by atoms with Crippen LogP contribution in [0.15, 0.2) is 53.8 Å². The highest BCUT2D eigenvalue weighted by molar-refractivity contribution is 8.16. The summed E-state index contributed by atoms with van der Waals surface area (Å²) in [5.74, 6) is 2.22. The van der Waals surface area contributed by atoms with E-state index in [1.54, 1.807) is 24.2 Å². The molecule has 2 aromatic rings. The highest BCUT2D eigenvalue weighted by atomic mass is 32.2. The number of amidine groups is 1. The summed E-state index contributed by atoms with van der Waals surface area (Å²) in [7, 11) is 0. The van der Waals surface area contributed by atoms with Crippen LogP contribution in [0.3, 0.4) is 0 Å². The van der Waals surface area contributed by atoms with Crippen molar-refractivity contribution in [3.63, 3.8) is 0 Å². The van der Waals surface area contributed by atoms with Gasteiger partial charge in [-0.1, -0.05) is 36.1 Å². The second-order valence-corrected chi connectivity index (χ2v) is 5.20. The molecule has 94 valence electrons. The number of pyridine rings is 2. The zero-order valence-electron chi connectivity index (χ0n) is 9.93. The van der Waals surface area contributed by atoms with E-state index in [1.165, 1.54) is 0 Å². The summed E-state index contributed by atoms with van der Waals surface area (Å²) in [6.07, 6.45) is 3.47. The van der Waals surface area contributed by atoms with Crippen molar-refractivity contribution in [1.82, 2.24) is 9.97 Å². The molecule has 1 aliphatic rings. The summed E-state index contributed by atoms with van der Waals surface area (Å²) >= 11 is 6.98. The van der Waals surface area contributed by atoms with Crippen LogP contribution in [0.4, 0.5) is 11.6 Å². The molecule has 0 atom stereocenters. The Labute approximate surface area is 120 Å². The molecule has 1 saturated heterocycles. The number of aliphatic imine (C=N–C) groups is 1. The number of nitrogens with zero attached hydrogens (tertiary/aromatic N) is 4. The Hall–Kier alpha value is -1.79. The summed E-state index contributed by atoms with van der Waals surface area (Å²) in [6.45, 7) is 0. The molecule has 0 amide bonds. The Balaban J connectivity index is 1.98. The van der Waals surface area contributed by atoms with Gasteiger partial charge in [-0.3, -0.25) is 4.90 Å². The van der Waals surface area contributed by atoms with Crippen molar-refractivity contribution in [3.8, 4) is 0 Å². The van der Waals surface area contributed by atoms with Crippen LogP contribution in [0.2, 0.25) is 0 Å². The largest absolute Gasteiger partial charge is 0.266 e. The minimum absolute atomic E-state index is 0.677. The fraction of sp³-hybridized carbons (Fsp3) is 0.0769. The molecule has 0 N–H and O–H groups in total. The maximum Gasteiger partial charge on any atom is 0.177 e. The predicted octanol–water partition coefficient (Wildman–Crippen LogP) is 3.04. The molecule has 1 aliphatic heterocycles. The summed E-state index contributed by atoms with van der Waals surface area (Å²) in [4.78, 5) is 15.8. The monoisotopic (exact) mass is 286 g/mol. The summed E-state index contributed by atoms with van der Waals surface area (Å²) in [5.41, 5.74) is 0. The Bertz CT molecular complexity index is 613. The first-order chi connectivity index (χ1) is 9.34. The van der Waals surface area contributed by atoms with Crippen LogP contribution in [-0.2, 0) is 0 Å². The molecule has 0 spiro atoms. The maximum atomic E-state index is 5.38. The molecule has 0 aromatic carbocycles. The van der Waals surface area contributed by atoms with Crippen molar-refractivity contribution >= 4 is 45.8 Å². The minimum atomic E-state index is 0.677. The first kappa shape index (κ1) is 12.3. The summed E-state index contributed by atoms with van der Waals surface area (Å²) < 4.78 is 0. The summed E-state index contributed by atoms with van der Waals surface area (Å²) in [6, 6.07) is 11.4. The fourth-order valence-electron chi connectivity index (χ4n) is 1.67. The van der Waals surface area contributed by atoms with Gasteiger partial charge in [0.1, 0.15) is 10.8 Å². The number of hydrogen-bond acceptors (Lipinski definition) is 5. The lowest BCUT2D eigenvalue weighted by Crippen LogP contribution is -2.28. The molecular formula is C13H10N4S2. The van der Waals surface area contributed by atoms with Gasteiger partial charge in [-0.25, -0.2) is 15.0 Å². The van der Waals surface area contributed by atoms with Crippen molar-refractivity contribution in [2.75, 3.05) is 10.7 Å². The van der Waals surface area contributed by atoms with Gasteiger partial charge in [0.2, 0.25) is 0 Å². The van der Waals surface area contributed by atoms with Crippen LogP contribution in [0.25, 0.3) is 0 Å². The van der Waals surface area contributed by atoms with Crippen LogP contribution in [0.5, 0.6) is 0 Å². The Kier molecular flexibility index (Phi) is 3.52. The van der Waals surface area contributed by atoms with Gasteiger partial charge in [-0.05, 0) is 24.3 Å². The van der Waals surface area contributed by atoms with E-state index >= 15 is 0 Å². The van der Waals surface area contributed by atoms with E-state index in [4.69, 9.17) is 12.2 Å². The van der Waals surface area contributed by atoms with Gasteiger partial charge in [0.15, 0.2) is 11.0 Å². The van der Waals surface area contributed by atoms with Crippen LogP contribution >= 0.6 is 24.0 Å². The number of aromatic nitrogens is 2. The van der Waals surface area contributed by atoms with E-state index < -0.39 is 0 Å². The molecule has 3 heterocycles. The molecule has 6 heteroatoms. The maximum absolute atomic E-state index is 5.38. The number of hydrogen-bond donors (Lipinski definition) is 0. The zero-order chi connectivity index (χ0) is 13.1. The Morgan fingerprint density at radius 1 is 1.11 bits per heavy atom. The molecule has 4 nitrogen and oxygen atoms in total. The van der Waals surface area contributed by atoms with Gasteiger partial charge in [0.25, 0.3) is 0 Å². The van der Waals surface area contributed by atoms with Gasteiger partial charge in [0, 0.05) is 12.4 Å². The third kappa shape index (κ3) is 2.64. The van der Waals surface area contributed by atoms with E-state index in [2.05, 4.69) is 15.0 Å². The SMILES string of the molecule is S=C1CS/C(=N\c2ccccn2)N1c1ccccn1. The quantitative estimate of drug-likeness (QED) is 0.794. The van der Waals surface area contributed by atoms with Gasteiger partial charge in [0.05, 0.1) is 5.75 Å². The second-order valence-electron chi connectivity index (χ2n) is 3.79. The van der Waals surface area contributed by atoms with Crippen molar-refractivity contribution in [3.05, 3.63) is 48.8 Å². The van der Waals surface area contributed by atoms with Crippen molar-refractivity contribution in [2.24, 2.45) is 4.99 Å². The van der Waals surface area contributed by atoms with Crippen molar-refractivity contribution < 1.29 is 0 Å². The molecule has 1 fully saturated rings. The topological polar surface area (TPSA) is 41.4 Å². The molecule has 0 unspecified atom stereocenters. The molecule has 0 radical (unpaired) electrons. The Morgan fingerprint density at radius 3 is 2.58 bits per heavy atom. The Morgan fingerprint density at radius 2 is 1.89 bits per heavy atom. The normalized spacial score (nSPS) is 17.2. The standard InChI is InChI=1S/C13H10N4S2/c18-12-9-19-13(16-10-5-1-3-7-14-10)17(12)11-6-2-4-8-15-11/h1-8H,9H2/b16-13-. The first-order valence-corrected chi connectivity index (χ1v) is 7.10. The molecular weight excluding hydrogens is 276 g/mol. The number of thioether (sulfide) groups is 1. The molecule has 3 rings (SSSR count). The first-order valence-electron chi connectivity index (χ1n) is 5.71. The predicted molar refractivity (Wildman–Crippen MR) is 83.1 cm³/mol. The molecule has 2 aromatic heterocycles. The molecule has 0 saturated carbocycles. The average Bonchev–Trinajstić information content (AvgIpc) is 2.82. The van der Waals surface area contributed by atoms with E-state index in [9.17, 15) is 0 Å². The molecule has 0 bridgehead atoms. The fourth-order valence-corrected chi connectivity index (χ4v) is 2.96. The van der Waals surface area contributed by atoms with Crippen LogP contribution in [0.1, 0.15) is 0 Å². The van der Waals surface area contributed by atoms with Crippen molar-refractivity contribution in [1.29, 1.82) is 0 Å². The second kappa shape index (κ2) is 5.46. The van der Waals surface area contributed by atoms with E-state index in [1.807, 2.05) is 41.3 Å². The van der Waals surface area contributed by atoms with Crippen LogP contribution < -0.4 is 4.90 Å². The van der Waals surface area contributed by atoms with E-state index in [0.717, 1.165) is 21.7 Å². The van der Waals surface area contributed by atoms with Gasteiger partial charge >= 0.3 is 0 Å². The number of rotatable bonds is 2. The molecule has 0 aliphatic carbocycles. The van der Waals surface area contributed by atoms with Gasteiger partial charge in [-0.15, -0.1) is 0 Å². The lowest BCUT2D eigenvalue weighted by atomic mass is 10.4. The lowest BCUT2D eigenvalue weighted by Gasteiger charge is -2.16. The van der Waals surface area contributed by atoms with Crippen molar-refractivity contribution in [2.45, 2.75) is 0 Å². The number of thiocarbonyl (C=S) groups is 1. The van der Waals surface area contributed by atoms with E-state index in [-0.39, 0.29) is 0 Å². The highest BCUT2D eigenvalue weighted by Gasteiger charge is 2.27. The van der Waals surface area contributed by atoms with Crippen LogP contribution in [0, 0.1) is 0 Å². The molecule has 19 heavy (non-hydrogen) atoms. The summed E-state index contributed by atoms with van der Waals surface area (Å²) in [5, 5.41) is 0.822. The number of anilines is 1. The van der Waals surface area contributed by atoms with E-state index in [0.29, 0.717) is 5.82 Å². The van der Waals surface area contributed by atoms with Gasteiger partial charge in [-0.2, -0.15) is 0 Å². The average molecular weight is 286 g/mol. The highest BCUT2D eigenvalue weighted by Crippen LogP contribution is 2.27. The van der Waals surface area contributed by atoms with Crippen LogP contribution in [-0.4, -0.2) is 25.9 Å².